The predicted octanol–water partition coefficient (Wildman–Crippen LogP) is 3.74. The highest BCUT2D eigenvalue weighted by molar-refractivity contribution is 5.98. The largest absolute Gasteiger partial charge is 0.443 e. The molecule has 2 bridgehead atoms. The van der Waals surface area contributed by atoms with Gasteiger partial charge in [-0.3, -0.25) is 4.79 Å². The fraction of sp³-hybridized carbons (Fsp3) is 0.875. The Morgan fingerprint density at radius 2 is 1.65 bits per heavy atom. The summed E-state index contributed by atoms with van der Waals surface area (Å²) in [6.45, 7) is 13.8. The van der Waals surface area contributed by atoms with Crippen molar-refractivity contribution in [1.29, 1.82) is 0 Å². The number of hydrogen-bond acceptors (Lipinski definition) is 3. The SMILES string of the molecule is CC1(C)C[C@@]2(C)C[C@@](C)(C1)N(C(=O)OC(C)(C)C)C2=O. The maximum absolute atomic E-state index is 12.8. The molecule has 0 aromatic heterocycles. The van der Waals surface area contributed by atoms with Crippen LogP contribution in [-0.2, 0) is 9.53 Å². The normalized spacial score (nSPS) is 36.1. The van der Waals surface area contributed by atoms with Gasteiger partial charge in [0.2, 0.25) is 5.91 Å². The van der Waals surface area contributed by atoms with E-state index in [-0.39, 0.29) is 11.3 Å². The van der Waals surface area contributed by atoms with E-state index >= 15 is 0 Å². The number of amides is 2. The first-order valence-corrected chi connectivity index (χ1v) is 7.36. The Hall–Kier alpha value is -1.06. The Labute approximate surface area is 121 Å². The molecule has 20 heavy (non-hydrogen) atoms. The van der Waals surface area contributed by atoms with Gasteiger partial charge in [0.25, 0.3) is 0 Å². The average molecular weight is 281 g/mol. The van der Waals surface area contributed by atoms with Gasteiger partial charge >= 0.3 is 6.09 Å². The maximum Gasteiger partial charge on any atom is 0.417 e. The number of imide groups is 1. The topological polar surface area (TPSA) is 46.6 Å². The third-order valence-corrected chi connectivity index (χ3v) is 4.33. The second kappa shape index (κ2) is 3.99. The van der Waals surface area contributed by atoms with Gasteiger partial charge in [-0.1, -0.05) is 20.8 Å². The lowest BCUT2D eigenvalue weighted by Gasteiger charge is -2.44. The molecule has 2 atom stereocenters. The van der Waals surface area contributed by atoms with E-state index in [1.165, 1.54) is 4.90 Å². The number of rotatable bonds is 0. The van der Waals surface area contributed by atoms with Crippen molar-refractivity contribution in [1.82, 2.24) is 4.90 Å². The number of hydrogen-bond donors (Lipinski definition) is 0. The van der Waals surface area contributed by atoms with Gasteiger partial charge < -0.3 is 4.74 Å². The fourth-order valence-corrected chi connectivity index (χ4v) is 4.55. The molecule has 0 aromatic carbocycles. The van der Waals surface area contributed by atoms with Crippen LogP contribution in [0.25, 0.3) is 0 Å². The summed E-state index contributed by atoms with van der Waals surface area (Å²) in [6.07, 6.45) is 1.90. The van der Waals surface area contributed by atoms with E-state index < -0.39 is 22.6 Å². The van der Waals surface area contributed by atoms with Crippen LogP contribution in [0.2, 0.25) is 0 Å². The molecule has 2 aliphatic rings. The van der Waals surface area contributed by atoms with E-state index in [0.717, 1.165) is 19.3 Å². The molecule has 4 nitrogen and oxygen atoms in total. The van der Waals surface area contributed by atoms with Crippen LogP contribution in [0.15, 0.2) is 0 Å². The molecule has 2 fully saturated rings. The molecule has 0 spiro atoms. The van der Waals surface area contributed by atoms with Gasteiger partial charge in [-0.2, -0.15) is 0 Å². The van der Waals surface area contributed by atoms with Crippen LogP contribution in [-0.4, -0.2) is 28.0 Å². The van der Waals surface area contributed by atoms with Crippen molar-refractivity contribution >= 4 is 12.0 Å². The number of carbonyl (C=O) groups is 2. The van der Waals surface area contributed by atoms with Crippen LogP contribution in [0.1, 0.15) is 67.7 Å². The van der Waals surface area contributed by atoms with Crippen molar-refractivity contribution in [2.45, 2.75) is 78.9 Å². The van der Waals surface area contributed by atoms with Gasteiger partial charge in [-0.25, -0.2) is 9.69 Å². The Bertz CT molecular complexity index is 463. The lowest BCUT2D eigenvalue weighted by molar-refractivity contribution is -0.135. The second-order valence-corrected chi connectivity index (χ2v) is 8.87. The minimum atomic E-state index is -0.583. The summed E-state index contributed by atoms with van der Waals surface area (Å²) in [5, 5.41) is 0. The first kappa shape index (κ1) is 15.3. The number of nitrogens with zero attached hydrogens (tertiary/aromatic N) is 1. The molecule has 1 saturated heterocycles. The molecule has 1 aliphatic carbocycles. The van der Waals surface area contributed by atoms with E-state index in [1.807, 2.05) is 34.6 Å². The van der Waals surface area contributed by atoms with Crippen LogP contribution >= 0.6 is 0 Å². The molecule has 1 saturated carbocycles. The number of carbonyl (C=O) groups excluding carboxylic acids is 2. The van der Waals surface area contributed by atoms with E-state index in [4.69, 9.17) is 4.74 Å². The molecule has 2 rings (SSSR count). The third-order valence-electron chi connectivity index (χ3n) is 4.33. The summed E-state index contributed by atoms with van der Waals surface area (Å²) in [6, 6.07) is 0. The monoisotopic (exact) mass is 281 g/mol. The lowest BCUT2D eigenvalue weighted by atomic mass is 9.61. The highest BCUT2D eigenvalue weighted by Gasteiger charge is 2.63. The van der Waals surface area contributed by atoms with Crippen molar-refractivity contribution in [2.75, 3.05) is 0 Å². The summed E-state index contributed by atoms with van der Waals surface area (Å²) < 4.78 is 5.44. The molecular weight excluding hydrogens is 254 g/mol. The van der Waals surface area contributed by atoms with Crippen molar-refractivity contribution in [2.24, 2.45) is 10.8 Å². The Kier molecular flexibility index (Phi) is 3.06. The zero-order valence-electron chi connectivity index (χ0n) is 13.8. The van der Waals surface area contributed by atoms with E-state index in [1.54, 1.807) is 0 Å². The standard InChI is InChI=1S/C16H27NO3/c1-13(2,3)20-12(19)17-11(18)15(6)8-14(4,5)9-16(17,7)10-15/h8-10H2,1-7H3/t15-,16+/m0/s1. The average Bonchev–Trinajstić information content (AvgIpc) is 2.22. The lowest BCUT2D eigenvalue weighted by Crippen LogP contribution is -2.50. The van der Waals surface area contributed by atoms with Gasteiger partial charge in [-0.15, -0.1) is 0 Å². The molecule has 2 amide bonds. The van der Waals surface area contributed by atoms with Crippen LogP contribution in [0.5, 0.6) is 0 Å². The summed E-state index contributed by atoms with van der Waals surface area (Å²) in [7, 11) is 0. The molecule has 0 radical (unpaired) electrons. The van der Waals surface area contributed by atoms with Crippen LogP contribution in [0.3, 0.4) is 0 Å². The summed E-state index contributed by atoms with van der Waals surface area (Å²) >= 11 is 0. The molecule has 1 aliphatic heterocycles. The minimum Gasteiger partial charge on any atom is -0.443 e. The fourth-order valence-electron chi connectivity index (χ4n) is 4.55. The zero-order valence-corrected chi connectivity index (χ0v) is 13.8. The summed E-state index contributed by atoms with van der Waals surface area (Å²) in [5.41, 5.74) is -1.38. The van der Waals surface area contributed by atoms with E-state index in [2.05, 4.69) is 13.8 Å². The van der Waals surface area contributed by atoms with Crippen LogP contribution < -0.4 is 0 Å². The molecule has 0 N–H and O–H groups in total. The van der Waals surface area contributed by atoms with Gasteiger partial charge in [0.15, 0.2) is 0 Å². The van der Waals surface area contributed by atoms with Crippen LogP contribution in [0, 0.1) is 10.8 Å². The third kappa shape index (κ3) is 2.45. The molecule has 114 valence electrons. The first-order chi connectivity index (χ1) is 8.78. The molecule has 0 unspecified atom stereocenters. The molecule has 0 aromatic rings. The van der Waals surface area contributed by atoms with Gasteiger partial charge in [0.1, 0.15) is 5.60 Å². The zero-order chi connectivity index (χ0) is 15.6. The smallest absolute Gasteiger partial charge is 0.417 e. The predicted molar refractivity (Wildman–Crippen MR) is 77.2 cm³/mol. The first-order valence-electron chi connectivity index (χ1n) is 7.36. The number of ether oxygens (including phenoxy) is 1. The quantitative estimate of drug-likeness (QED) is 0.679. The highest BCUT2D eigenvalue weighted by atomic mass is 16.6. The van der Waals surface area contributed by atoms with E-state index in [0.29, 0.717) is 0 Å². The minimum absolute atomic E-state index is 0.0637. The van der Waals surface area contributed by atoms with Crippen LogP contribution in [0.4, 0.5) is 4.79 Å². The Morgan fingerprint density at radius 1 is 1.10 bits per heavy atom. The molecule has 4 heteroatoms. The van der Waals surface area contributed by atoms with Crippen molar-refractivity contribution in [3.8, 4) is 0 Å². The summed E-state index contributed by atoms with van der Waals surface area (Å²) in [5.74, 6) is -0.0696. The maximum atomic E-state index is 12.8. The molecular formula is C16H27NO3. The highest BCUT2D eigenvalue weighted by Crippen LogP contribution is 2.58. The van der Waals surface area contributed by atoms with Crippen molar-refractivity contribution < 1.29 is 14.3 Å². The van der Waals surface area contributed by atoms with Gasteiger partial charge in [0, 0.05) is 5.41 Å². The second-order valence-electron chi connectivity index (χ2n) is 8.87. The van der Waals surface area contributed by atoms with Gasteiger partial charge in [-0.05, 0) is 52.4 Å². The molecule has 1 heterocycles. The summed E-state index contributed by atoms with van der Waals surface area (Å²) in [4.78, 5) is 26.6. The Morgan fingerprint density at radius 3 is 2.15 bits per heavy atom. The number of likely N-dealkylation sites (tertiary alicyclic amines) is 1. The number of fused-ring (bicyclic) bond motifs is 2. The van der Waals surface area contributed by atoms with E-state index in [9.17, 15) is 9.59 Å². The van der Waals surface area contributed by atoms with Crippen molar-refractivity contribution in [3.63, 3.8) is 0 Å². The Balaban J connectivity index is 2.36. The van der Waals surface area contributed by atoms with Gasteiger partial charge in [0.05, 0.1) is 5.54 Å². The van der Waals surface area contributed by atoms with Crippen molar-refractivity contribution in [3.05, 3.63) is 0 Å².